The first-order chi connectivity index (χ1) is 14.0. The number of ether oxygens (including phenoxy) is 1. The van der Waals surface area contributed by atoms with Gasteiger partial charge >= 0.3 is 0 Å². The van der Waals surface area contributed by atoms with Crippen LogP contribution in [-0.2, 0) is 4.79 Å². The zero-order chi connectivity index (χ0) is 20.8. The summed E-state index contributed by atoms with van der Waals surface area (Å²) in [5.74, 6) is 0.395. The van der Waals surface area contributed by atoms with Gasteiger partial charge in [0.05, 0.1) is 23.0 Å². The zero-order valence-electron chi connectivity index (χ0n) is 15.5. The number of amides is 1. The van der Waals surface area contributed by atoms with E-state index in [1.165, 1.54) is 41.3 Å². The van der Waals surface area contributed by atoms with Gasteiger partial charge in [-0.15, -0.1) is 10.2 Å². The maximum absolute atomic E-state index is 12.4. The van der Waals surface area contributed by atoms with Crippen LogP contribution in [0.4, 0.5) is 22.2 Å². The fourth-order valence-corrected chi connectivity index (χ4v) is 4.23. The van der Waals surface area contributed by atoms with Crippen molar-refractivity contribution in [1.29, 1.82) is 0 Å². The highest BCUT2D eigenvalue weighted by atomic mass is 32.2. The van der Waals surface area contributed by atoms with Gasteiger partial charge < -0.3 is 15.4 Å². The summed E-state index contributed by atoms with van der Waals surface area (Å²) in [4.78, 5) is 22.7. The van der Waals surface area contributed by atoms with Crippen LogP contribution in [0.1, 0.15) is 6.92 Å². The first-order valence-corrected chi connectivity index (χ1v) is 10.1. The highest BCUT2D eigenvalue weighted by Crippen LogP contribution is 2.33. The summed E-state index contributed by atoms with van der Waals surface area (Å²) in [6, 6.07) is 13.2. The molecule has 1 amide bonds. The number of hydrogen-bond acceptors (Lipinski definition) is 9. The summed E-state index contributed by atoms with van der Waals surface area (Å²) in [7, 11) is 1.59. The molecule has 1 unspecified atom stereocenters. The van der Waals surface area contributed by atoms with E-state index in [4.69, 9.17) is 4.74 Å². The van der Waals surface area contributed by atoms with Gasteiger partial charge in [-0.3, -0.25) is 14.9 Å². The Morgan fingerprint density at radius 1 is 1.24 bits per heavy atom. The van der Waals surface area contributed by atoms with Crippen LogP contribution in [0, 0.1) is 10.1 Å². The van der Waals surface area contributed by atoms with Crippen molar-refractivity contribution < 1.29 is 14.5 Å². The van der Waals surface area contributed by atoms with E-state index in [0.717, 1.165) is 5.69 Å². The Bertz CT molecular complexity index is 1030. The highest BCUT2D eigenvalue weighted by Gasteiger charge is 2.18. The van der Waals surface area contributed by atoms with Crippen molar-refractivity contribution in [2.24, 2.45) is 0 Å². The first kappa shape index (κ1) is 20.6. The molecule has 0 aliphatic rings. The molecule has 3 rings (SSSR count). The number of non-ortho nitro benzene ring substituents is 1. The monoisotopic (exact) mass is 431 g/mol. The number of anilines is 3. The third-order valence-corrected chi connectivity index (χ3v) is 5.75. The van der Waals surface area contributed by atoms with Crippen LogP contribution >= 0.6 is 23.1 Å². The number of nitrogens with zero attached hydrogens (tertiary/aromatic N) is 3. The number of nitrogens with one attached hydrogen (secondary N) is 2. The molecule has 0 saturated carbocycles. The van der Waals surface area contributed by atoms with E-state index >= 15 is 0 Å². The van der Waals surface area contributed by atoms with E-state index in [1.807, 2.05) is 24.3 Å². The minimum atomic E-state index is -0.509. The molecule has 2 N–H and O–H groups in total. The summed E-state index contributed by atoms with van der Waals surface area (Å²) in [5.41, 5.74) is 1.05. The molecule has 150 valence electrons. The van der Waals surface area contributed by atoms with Crippen LogP contribution in [0.5, 0.6) is 5.75 Å². The van der Waals surface area contributed by atoms with Crippen molar-refractivity contribution in [3.05, 3.63) is 58.6 Å². The summed E-state index contributed by atoms with van der Waals surface area (Å²) in [5, 5.41) is 25.0. The average Bonchev–Trinajstić information content (AvgIpc) is 3.15. The second-order valence-electron chi connectivity index (χ2n) is 5.76. The van der Waals surface area contributed by atoms with E-state index in [0.29, 0.717) is 20.9 Å². The molecule has 0 spiro atoms. The maximum Gasteiger partial charge on any atom is 0.271 e. The number of nitro groups is 1. The van der Waals surface area contributed by atoms with Crippen LogP contribution in [-0.4, -0.2) is 33.4 Å². The summed E-state index contributed by atoms with van der Waals surface area (Å²) in [6.45, 7) is 1.73. The largest absolute Gasteiger partial charge is 0.495 e. The molecule has 1 heterocycles. The minimum Gasteiger partial charge on any atom is -0.495 e. The Balaban J connectivity index is 1.61. The lowest BCUT2D eigenvalue weighted by Crippen LogP contribution is -2.22. The smallest absolute Gasteiger partial charge is 0.271 e. The number of hydrogen-bond donors (Lipinski definition) is 2. The molecule has 11 heteroatoms. The molecule has 0 aliphatic carbocycles. The van der Waals surface area contributed by atoms with Crippen molar-refractivity contribution in [2.45, 2.75) is 16.5 Å². The van der Waals surface area contributed by atoms with Crippen molar-refractivity contribution in [3.8, 4) is 5.75 Å². The van der Waals surface area contributed by atoms with Gasteiger partial charge in [0, 0.05) is 17.8 Å². The van der Waals surface area contributed by atoms with E-state index in [9.17, 15) is 14.9 Å². The van der Waals surface area contributed by atoms with Gasteiger partial charge in [0.1, 0.15) is 5.75 Å². The number of rotatable bonds is 8. The molecule has 0 radical (unpaired) electrons. The third-order valence-electron chi connectivity index (χ3n) is 3.73. The third kappa shape index (κ3) is 5.42. The topological polar surface area (TPSA) is 119 Å². The molecule has 0 aliphatic heterocycles. The van der Waals surface area contributed by atoms with E-state index in [2.05, 4.69) is 20.8 Å². The van der Waals surface area contributed by atoms with E-state index in [-0.39, 0.29) is 11.6 Å². The van der Waals surface area contributed by atoms with Crippen LogP contribution in [0.15, 0.2) is 52.9 Å². The Morgan fingerprint density at radius 2 is 2.03 bits per heavy atom. The summed E-state index contributed by atoms with van der Waals surface area (Å²) in [6.07, 6.45) is 0. The number of benzene rings is 2. The van der Waals surface area contributed by atoms with Gasteiger partial charge in [-0.05, 0) is 25.1 Å². The predicted octanol–water partition coefficient (Wildman–Crippen LogP) is 4.32. The van der Waals surface area contributed by atoms with Gasteiger partial charge in [0.25, 0.3) is 5.69 Å². The fourth-order valence-electron chi connectivity index (χ4n) is 2.32. The van der Waals surface area contributed by atoms with Gasteiger partial charge in [0.2, 0.25) is 11.0 Å². The Morgan fingerprint density at radius 3 is 2.79 bits per heavy atom. The Hall–Kier alpha value is -3.18. The highest BCUT2D eigenvalue weighted by molar-refractivity contribution is 8.02. The van der Waals surface area contributed by atoms with Crippen molar-refractivity contribution in [2.75, 3.05) is 17.7 Å². The average molecular weight is 431 g/mol. The van der Waals surface area contributed by atoms with Crippen LogP contribution < -0.4 is 15.4 Å². The molecular weight excluding hydrogens is 414 g/mol. The normalized spacial score (nSPS) is 11.5. The maximum atomic E-state index is 12.4. The molecule has 1 atom stereocenters. The van der Waals surface area contributed by atoms with Gasteiger partial charge in [-0.25, -0.2) is 0 Å². The van der Waals surface area contributed by atoms with Gasteiger partial charge in [-0.2, -0.15) is 0 Å². The molecule has 1 aromatic heterocycles. The second-order valence-corrected chi connectivity index (χ2v) is 8.32. The quantitative estimate of drug-likeness (QED) is 0.307. The number of thioether (sulfide) groups is 1. The van der Waals surface area contributed by atoms with Crippen molar-refractivity contribution in [1.82, 2.24) is 10.2 Å². The number of nitro benzene ring substituents is 1. The Kier molecular flexibility index (Phi) is 6.62. The molecule has 2 aromatic carbocycles. The predicted molar refractivity (Wildman–Crippen MR) is 113 cm³/mol. The van der Waals surface area contributed by atoms with Crippen molar-refractivity contribution >= 4 is 51.2 Å². The molecule has 0 fully saturated rings. The summed E-state index contributed by atoms with van der Waals surface area (Å²) < 4.78 is 5.91. The Labute approximate surface area is 174 Å². The van der Waals surface area contributed by atoms with E-state index in [1.54, 1.807) is 20.1 Å². The minimum absolute atomic E-state index is 0.0840. The molecule has 3 aromatic rings. The first-order valence-electron chi connectivity index (χ1n) is 8.42. The molecule has 29 heavy (non-hydrogen) atoms. The van der Waals surface area contributed by atoms with Crippen LogP contribution in [0.2, 0.25) is 0 Å². The lowest BCUT2D eigenvalue weighted by molar-refractivity contribution is -0.384. The van der Waals surface area contributed by atoms with Crippen molar-refractivity contribution in [3.63, 3.8) is 0 Å². The molecule has 0 saturated heterocycles. The fraction of sp³-hybridized carbons (Fsp3) is 0.167. The number of para-hydroxylation sites is 2. The lowest BCUT2D eigenvalue weighted by atomic mass is 10.2. The molecular formula is C18H17N5O4S2. The zero-order valence-corrected chi connectivity index (χ0v) is 17.1. The van der Waals surface area contributed by atoms with Gasteiger partial charge in [0.15, 0.2) is 4.34 Å². The number of aromatic nitrogens is 2. The number of carbonyl (C=O) groups is 1. The molecule has 9 nitrogen and oxygen atoms in total. The van der Waals surface area contributed by atoms with E-state index < -0.39 is 10.2 Å². The number of carbonyl (C=O) groups excluding carboxylic acids is 1. The second kappa shape index (κ2) is 9.34. The van der Waals surface area contributed by atoms with Gasteiger partial charge in [-0.1, -0.05) is 41.3 Å². The molecule has 0 bridgehead atoms. The SMILES string of the molecule is COc1ccccc1Nc1nnc(SC(C)C(=O)Nc2cccc([N+](=O)[O-])c2)s1. The van der Waals surface area contributed by atoms with Crippen LogP contribution in [0.3, 0.4) is 0 Å². The lowest BCUT2D eigenvalue weighted by Gasteiger charge is -2.10. The van der Waals surface area contributed by atoms with Crippen LogP contribution in [0.25, 0.3) is 0 Å². The number of methoxy groups -OCH3 is 1. The standard InChI is InChI=1S/C18H17N5O4S2/c1-11(16(24)19-12-6-5-7-13(10-12)23(25)26)28-18-22-21-17(29-18)20-14-8-3-4-9-15(14)27-2/h3-11H,1-2H3,(H,19,24)(H,20,21). The summed E-state index contributed by atoms with van der Waals surface area (Å²) >= 11 is 2.56.